The monoisotopic (exact) mass is 426 g/mol. The first-order valence-corrected chi connectivity index (χ1v) is 9.86. The molecule has 1 atom stereocenters. The highest BCUT2D eigenvalue weighted by Gasteiger charge is 2.49. The van der Waals surface area contributed by atoms with E-state index < -0.39 is 5.54 Å². The number of nitrogens with two attached hydrogens (primary N) is 1. The van der Waals surface area contributed by atoms with Crippen LogP contribution in [-0.2, 0) is 16.8 Å². The second kappa shape index (κ2) is 7.17. The lowest BCUT2D eigenvalue weighted by Gasteiger charge is -2.27. The molecule has 2 aromatic carbocycles. The fraction of sp³-hybridized carbons (Fsp3) is 0.190. The molecule has 29 heavy (non-hydrogen) atoms. The van der Waals surface area contributed by atoms with E-state index in [1.54, 1.807) is 23.9 Å². The van der Waals surface area contributed by atoms with Crippen molar-refractivity contribution in [3.8, 4) is 16.2 Å². The van der Waals surface area contributed by atoms with Crippen LogP contribution in [0.2, 0.25) is 0 Å². The van der Waals surface area contributed by atoms with E-state index in [4.69, 9.17) is 10.5 Å². The minimum atomic E-state index is -1.20. The van der Waals surface area contributed by atoms with E-state index in [0.29, 0.717) is 6.61 Å². The van der Waals surface area contributed by atoms with Gasteiger partial charge in [-0.25, -0.2) is 4.99 Å². The molecule has 0 bridgehead atoms. The largest absolute Gasteiger partial charge is 0.493 e. The van der Waals surface area contributed by atoms with Crippen molar-refractivity contribution in [2.24, 2.45) is 10.7 Å². The van der Waals surface area contributed by atoms with Crippen LogP contribution in [0.25, 0.3) is 10.4 Å². The molecule has 3 aromatic rings. The van der Waals surface area contributed by atoms with Crippen molar-refractivity contribution in [3.05, 3.63) is 70.9 Å². The van der Waals surface area contributed by atoms with Crippen molar-refractivity contribution in [3.63, 3.8) is 0 Å². The molecule has 0 saturated carbocycles. The van der Waals surface area contributed by atoms with Crippen molar-refractivity contribution in [1.82, 2.24) is 9.88 Å². The molecular formula is C21H19ClN4O2S. The third-order valence-corrected chi connectivity index (χ3v) is 6.17. The summed E-state index contributed by atoms with van der Waals surface area (Å²) in [7, 11) is 1.66. The third kappa shape index (κ3) is 2.89. The smallest absolute Gasteiger partial charge is 0.266 e. The molecule has 1 amide bonds. The second-order valence-corrected chi connectivity index (χ2v) is 7.80. The number of aromatic nitrogens is 1. The number of benzene rings is 2. The molecular weight excluding hydrogens is 408 g/mol. The Balaban J connectivity index is 0.00000205. The summed E-state index contributed by atoms with van der Waals surface area (Å²) in [6.07, 6.45) is 2.65. The Morgan fingerprint density at radius 2 is 2.03 bits per heavy atom. The van der Waals surface area contributed by atoms with Crippen molar-refractivity contribution >= 4 is 35.6 Å². The van der Waals surface area contributed by atoms with Crippen LogP contribution in [0, 0.1) is 0 Å². The van der Waals surface area contributed by atoms with Gasteiger partial charge >= 0.3 is 0 Å². The van der Waals surface area contributed by atoms with Crippen LogP contribution in [0.3, 0.4) is 0 Å². The van der Waals surface area contributed by atoms with Gasteiger partial charge in [-0.1, -0.05) is 24.3 Å². The number of hydrogen-bond donors (Lipinski definition) is 1. The third-order valence-electron chi connectivity index (χ3n) is 5.34. The number of nitrogens with zero attached hydrogens (tertiary/aromatic N) is 3. The normalized spacial score (nSPS) is 20.1. The van der Waals surface area contributed by atoms with Gasteiger partial charge in [0.1, 0.15) is 5.75 Å². The van der Waals surface area contributed by atoms with Gasteiger partial charge in [0.05, 0.1) is 17.0 Å². The number of carbonyl (C=O) groups excluding carboxylic acids is 1. The molecule has 0 spiro atoms. The zero-order chi connectivity index (χ0) is 19.3. The standard InChI is InChI=1S/C21H18N4O2S.ClH/c1-25-19(26)21(24-20(25)22,16-5-6-17-13(9-16)7-8-27-17)15-4-2-3-14(10-15)18-11-23-12-28-18;/h2-6,9-12H,7-8H2,1H3,(H2,22,24);1H. The molecule has 3 heterocycles. The zero-order valence-corrected chi connectivity index (χ0v) is 17.3. The molecule has 5 rings (SSSR count). The Labute approximate surface area is 178 Å². The maximum atomic E-state index is 13.4. The molecule has 1 aromatic heterocycles. The Bertz CT molecular complexity index is 1120. The first-order valence-electron chi connectivity index (χ1n) is 8.99. The van der Waals surface area contributed by atoms with Gasteiger partial charge in [-0.05, 0) is 40.5 Å². The number of fused-ring (bicyclic) bond motifs is 1. The molecule has 0 fully saturated rings. The average molecular weight is 427 g/mol. The van der Waals surface area contributed by atoms with Crippen LogP contribution >= 0.6 is 23.7 Å². The maximum Gasteiger partial charge on any atom is 0.266 e. The minimum absolute atomic E-state index is 0. The van der Waals surface area contributed by atoms with Gasteiger partial charge < -0.3 is 10.5 Å². The number of thiazole rings is 1. The Morgan fingerprint density at radius 3 is 2.76 bits per heavy atom. The van der Waals surface area contributed by atoms with Gasteiger partial charge in [-0.3, -0.25) is 14.7 Å². The van der Waals surface area contributed by atoms with Crippen LogP contribution in [0.15, 0.2) is 59.2 Å². The summed E-state index contributed by atoms with van der Waals surface area (Å²) in [6.45, 7) is 0.659. The van der Waals surface area contributed by atoms with Crippen LogP contribution in [0.1, 0.15) is 16.7 Å². The SMILES string of the molecule is CN1C(=O)C(c2cccc(-c3cncs3)c2)(c2ccc3c(c2)CCO3)N=C1N.Cl. The van der Waals surface area contributed by atoms with Gasteiger partial charge in [-0.15, -0.1) is 23.7 Å². The van der Waals surface area contributed by atoms with Gasteiger partial charge in [-0.2, -0.15) is 0 Å². The number of likely N-dealkylation sites (N-methyl/N-ethyl adjacent to an activating group) is 1. The molecule has 0 saturated heterocycles. The van der Waals surface area contributed by atoms with E-state index in [1.807, 2.05) is 48.7 Å². The Hall–Kier alpha value is -2.90. The van der Waals surface area contributed by atoms with E-state index >= 15 is 0 Å². The lowest BCUT2D eigenvalue weighted by atomic mass is 9.81. The fourth-order valence-electron chi connectivity index (χ4n) is 3.85. The number of carbonyl (C=O) groups is 1. The summed E-state index contributed by atoms with van der Waals surface area (Å²) < 4.78 is 5.63. The van der Waals surface area contributed by atoms with E-state index in [9.17, 15) is 4.79 Å². The zero-order valence-electron chi connectivity index (χ0n) is 15.7. The average Bonchev–Trinajstić information content (AvgIpc) is 3.45. The van der Waals surface area contributed by atoms with Gasteiger partial charge in [0.25, 0.3) is 5.91 Å². The topological polar surface area (TPSA) is 80.8 Å². The molecule has 6 nitrogen and oxygen atoms in total. The fourth-order valence-corrected chi connectivity index (χ4v) is 4.47. The van der Waals surface area contributed by atoms with E-state index in [-0.39, 0.29) is 24.3 Å². The summed E-state index contributed by atoms with van der Waals surface area (Å²) in [5, 5.41) is 0. The predicted octanol–water partition coefficient (Wildman–Crippen LogP) is 3.20. The first-order chi connectivity index (χ1) is 13.6. The first kappa shape index (κ1) is 19.4. The maximum absolute atomic E-state index is 13.4. The van der Waals surface area contributed by atoms with Gasteiger partial charge in [0, 0.05) is 19.7 Å². The summed E-state index contributed by atoms with van der Waals surface area (Å²) in [5.41, 5.74) is 10.4. The molecule has 2 aliphatic rings. The van der Waals surface area contributed by atoms with Crippen molar-refractivity contribution in [2.75, 3.05) is 13.7 Å². The number of rotatable bonds is 3. The van der Waals surface area contributed by atoms with E-state index in [1.165, 1.54) is 4.90 Å². The molecule has 1 unspecified atom stereocenters. The number of guanidine groups is 1. The predicted molar refractivity (Wildman–Crippen MR) is 116 cm³/mol. The summed E-state index contributed by atoms with van der Waals surface area (Å²) in [5.74, 6) is 0.920. The van der Waals surface area contributed by atoms with Crippen LogP contribution in [0.5, 0.6) is 5.75 Å². The lowest BCUT2D eigenvalue weighted by Crippen LogP contribution is -2.41. The summed E-state index contributed by atoms with van der Waals surface area (Å²) in [4.78, 5) is 24.7. The molecule has 148 valence electrons. The number of aliphatic imine (C=N–C) groups is 1. The highest BCUT2D eigenvalue weighted by Crippen LogP contribution is 2.42. The van der Waals surface area contributed by atoms with E-state index in [2.05, 4.69) is 9.98 Å². The number of halogens is 1. The van der Waals surface area contributed by atoms with Crippen molar-refractivity contribution in [2.45, 2.75) is 12.0 Å². The van der Waals surface area contributed by atoms with Crippen molar-refractivity contribution in [1.29, 1.82) is 0 Å². The molecule has 2 N–H and O–H groups in total. The van der Waals surface area contributed by atoms with E-state index in [0.717, 1.165) is 39.3 Å². The van der Waals surface area contributed by atoms with Crippen LogP contribution in [-0.4, -0.2) is 35.4 Å². The molecule has 2 aliphatic heterocycles. The summed E-state index contributed by atoms with van der Waals surface area (Å²) >= 11 is 1.56. The minimum Gasteiger partial charge on any atom is -0.493 e. The van der Waals surface area contributed by atoms with Gasteiger partial charge in [0.2, 0.25) is 0 Å². The van der Waals surface area contributed by atoms with Crippen LogP contribution in [0.4, 0.5) is 0 Å². The number of ether oxygens (including phenoxy) is 1. The number of hydrogen-bond acceptors (Lipinski definition) is 6. The summed E-state index contributed by atoms with van der Waals surface area (Å²) in [6, 6.07) is 13.8. The Morgan fingerprint density at radius 1 is 1.21 bits per heavy atom. The highest BCUT2D eigenvalue weighted by molar-refractivity contribution is 7.13. The molecule has 8 heteroatoms. The number of amides is 1. The quantitative estimate of drug-likeness (QED) is 0.697. The highest BCUT2D eigenvalue weighted by atomic mass is 35.5. The molecule has 0 aliphatic carbocycles. The second-order valence-electron chi connectivity index (χ2n) is 6.91. The lowest BCUT2D eigenvalue weighted by molar-refractivity contribution is -0.129. The Kier molecular flexibility index (Phi) is 4.80. The van der Waals surface area contributed by atoms with Crippen molar-refractivity contribution < 1.29 is 9.53 Å². The van der Waals surface area contributed by atoms with Gasteiger partial charge in [0.15, 0.2) is 11.5 Å². The van der Waals surface area contributed by atoms with Crippen LogP contribution < -0.4 is 10.5 Å². The molecule has 0 radical (unpaired) electrons.